The first-order chi connectivity index (χ1) is 7.45. The van der Waals surface area contributed by atoms with Gasteiger partial charge in [0.25, 0.3) is 0 Å². The molecule has 0 aliphatic rings. The van der Waals surface area contributed by atoms with Crippen LogP contribution in [0.5, 0.6) is 5.75 Å². The van der Waals surface area contributed by atoms with Crippen LogP contribution in [0.4, 0.5) is 0 Å². The molecule has 0 radical (unpaired) electrons. The molecular weight excluding hydrogens is 272 g/mol. The van der Waals surface area contributed by atoms with E-state index >= 15 is 0 Å². The molecule has 0 saturated carbocycles. The van der Waals surface area contributed by atoms with E-state index in [1.54, 1.807) is 13.8 Å². The molecule has 0 fully saturated rings. The summed E-state index contributed by atoms with van der Waals surface area (Å²) in [7, 11) is 0. The Morgan fingerprint density at radius 3 is 2.69 bits per heavy atom. The lowest BCUT2D eigenvalue weighted by molar-refractivity contribution is -0.186. The topological polar surface area (TPSA) is 38.7 Å². The number of rotatable bonds is 5. The van der Waals surface area contributed by atoms with Crippen molar-refractivity contribution in [2.75, 3.05) is 6.61 Å². The summed E-state index contributed by atoms with van der Waals surface area (Å²) in [5, 5.41) is 9.75. The van der Waals surface area contributed by atoms with Crippen molar-refractivity contribution in [2.45, 2.75) is 32.7 Å². The normalized spacial score (nSPS) is 13.6. The van der Waals surface area contributed by atoms with E-state index in [0.29, 0.717) is 12.4 Å². The van der Waals surface area contributed by atoms with Crippen LogP contribution in [0.3, 0.4) is 0 Å². The standard InChI is InChI=1S/C12H17BrO3/c1-4-15-11(14)12(2,3)16-10-7-5-6-9(13)8-10/h5-8,11,14H,4H2,1-3H3. The third-order valence-electron chi connectivity index (χ3n) is 2.10. The van der Waals surface area contributed by atoms with Crippen LogP contribution in [0.1, 0.15) is 20.8 Å². The number of aliphatic hydroxyl groups excluding tert-OH is 1. The van der Waals surface area contributed by atoms with Crippen molar-refractivity contribution in [1.82, 2.24) is 0 Å². The Balaban J connectivity index is 2.71. The number of hydrogen-bond donors (Lipinski definition) is 1. The Morgan fingerprint density at radius 1 is 1.44 bits per heavy atom. The first-order valence-electron chi connectivity index (χ1n) is 5.20. The molecule has 90 valence electrons. The molecule has 3 nitrogen and oxygen atoms in total. The van der Waals surface area contributed by atoms with E-state index in [9.17, 15) is 5.11 Å². The molecule has 1 aromatic rings. The fraction of sp³-hybridized carbons (Fsp3) is 0.500. The Bertz CT molecular complexity index is 339. The maximum absolute atomic E-state index is 9.75. The third kappa shape index (κ3) is 3.77. The van der Waals surface area contributed by atoms with Gasteiger partial charge in [-0.3, -0.25) is 0 Å². The van der Waals surface area contributed by atoms with Gasteiger partial charge in [-0.15, -0.1) is 0 Å². The van der Waals surface area contributed by atoms with Crippen molar-refractivity contribution in [3.8, 4) is 5.75 Å². The average molecular weight is 289 g/mol. The van der Waals surface area contributed by atoms with Crippen LogP contribution in [0.15, 0.2) is 28.7 Å². The predicted molar refractivity (Wildman–Crippen MR) is 66.5 cm³/mol. The second kappa shape index (κ2) is 5.66. The fourth-order valence-corrected chi connectivity index (χ4v) is 1.62. The van der Waals surface area contributed by atoms with Gasteiger partial charge < -0.3 is 14.6 Å². The fourth-order valence-electron chi connectivity index (χ4n) is 1.24. The minimum Gasteiger partial charge on any atom is -0.483 e. The Kier molecular flexibility index (Phi) is 4.77. The van der Waals surface area contributed by atoms with E-state index in [4.69, 9.17) is 9.47 Å². The van der Waals surface area contributed by atoms with Crippen molar-refractivity contribution in [1.29, 1.82) is 0 Å². The zero-order valence-corrected chi connectivity index (χ0v) is 11.3. The summed E-state index contributed by atoms with van der Waals surface area (Å²) < 4.78 is 11.8. The highest BCUT2D eigenvalue weighted by molar-refractivity contribution is 9.10. The molecule has 1 unspecified atom stereocenters. The van der Waals surface area contributed by atoms with Gasteiger partial charge in [0, 0.05) is 11.1 Å². The van der Waals surface area contributed by atoms with E-state index < -0.39 is 11.9 Å². The molecular formula is C12H17BrO3. The first-order valence-corrected chi connectivity index (χ1v) is 5.99. The van der Waals surface area contributed by atoms with Crippen LogP contribution in [-0.2, 0) is 4.74 Å². The van der Waals surface area contributed by atoms with E-state index in [0.717, 1.165) is 4.47 Å². The molecule has 0 saturated heterocycles. The van der Waals surface area contributed by atoms with Crippen molar-refractivity contribution in [2.24, 2.45) is 0 Å². The number of aliphatic hydroxyl groups is 1. The molecule has 1 atom stereocenters. The van der Waals surface area contributed by atoms with Gasteiger partial charge in [0.2, 0.25) is 0 Å². The molecule has 0 bridgehead atoms. The summed E-state index contributed by atoms with van der Waals surface area (Å²) in [6.07, 6.45) is -0.948. The highest BCUT2D eigenvalue weighted by Crippen LogP contribution is 2.24. The van der Waals surface area contributed by atoms with Gasteiger partial charge >= 0.3 is 0 Å². The second-order valence-corrected chi connectivity index (χ2v) is 4.89. The average Bonchev–Trinajstić information content (AvgIpc) is 2.17. The van der Waals surface area contributed by atoms with Crippen molar-refractivity contribution >= 4 is 15.9 Å². The van der Waals surface area contributed by atoms with Gasteiger partial charge in [0.15, 0.2) is 11.9 Å². The summed E-state index contributed by atoms with van der Waals surface area (Å²) >= 11 is 3.36. The molecule has 0 aliphatic heterocycles. The lowest BCUT2D eigenvalue weighted by Crippen LogP contribution is -2.43. The number of benzene rings is 1. The largest absolute Gasteiger partial charge is 0.483 e. The SMILES string of the molecule is CCOC(O)C(C)(C)Oc1cccc(Br)c1. The van der Waals surface area contributed by atoms with Crippen LogP contribution in [0, 0.1) is 0 Å². The van der Waals surface area contributed by atoms with Crippen LogP contribution in [0.2, 0.25) is 0 Å². The molecule has 16 heavy (non-hydrogen) atoms. The highest BCUT2D eigenvalue weighted by atomic mass is 79.9. The number of hydrogen-bond acceptors (Lipinski definition) is 3. The molecule has 0 amide bonds. The molecule has 0 heterocycles. The van der Waals surface area contributed by atoms with E-state index in [1.165, 1.54) is 0 Å². The summed E-state index contributed by atoms with van der Waals surface area (Å²) in [4.78, 5) is 0. The van der Waals surface area contributed by atoms with Crippen molar-refractivity contribution < 1.29 is 14.6 Å². The van der Waals surface area contributed by atoms with Gasteiger partial charge in [-0.25, -0.2) is 0 Å². The van der Waals surface area contributed by atoms with Crippen LogP contribution < -0.4 is 4.74 Å². The minimum absolute atomic E-state index is 0.451. The molecule has 1 N–H and O–H groups in total. The van der Waals surface area contributed by atoms with Gasteiger partial charge in [-0.1, -0.05) is 22.0 Å². The Morgan fingerprint density at radius 2 is 2.12 bits per heavy atom. The predicted octanol–water partition coefficient (Wildman–Crippen LogP) is 2.96. The summed E-state index contributed by atoms with van der Waals surface area (Å²) in [6, 6.07) is 7.48. The third-order valence-corrected chi connectivity index (χ3v) is 2.59. The van der Waals surface area contributed by atoms with Crippen LogP contribution in [0.25, 0.3) is 0 Å². The second-order valence-electron chi connectivity index (χ2n) is 3.97. The maximum Gasteiger partial charge on any atom is 0.194 e. The van der Waals surface area contributed by atoms with E-state index in [1.807, 2.05) is 31.2 Å². The lowest BCUT2D eigenvalue weighted by atomic mass is 10.1. The van der Waals surface area contributed by atoms with Crippen molar-refractivity contribution in [3.05, 3.63) is 28.7 Å². The maximum atomic E-state index is 9.75. The molecule has 0 aliphatic carbocycles. The van der Waals surface area contributed by atoms with Gasteiger partial charge in [-0.05, 0) is 39.0 Å². The first kappa shape index (κ1) is 13.5. The molecule has 0 aromatic heterocycles. The lowest BCUT2D eigenvalue weighted by Gasteiger charge is -2.31. The van der Waals surface area contributed by atoms with Crippen LogP contribution in [-0.4, -0.2) is 23.6 Å². The molecule has 1 rings (SSSR count). The summed E-state index contributed by atoms with van der Waals surface area (Å²) in [5.41, 5.74) is -0.781. The van der Waals surface area contributed by atoms with E-state index in [-0.39, 0.29) is 0 Å². The van der Waals surface area contributed by atoms with Crippen LogP contribution >= 0.6 is 15.9 Å². The molecule has 0 spiro atoms. The van der Waals surface area contributed by atoms with Gasteiger partial charge in [0.05, 0.1) is 0 Å². The minimum atomic E-state index is -0.948. The zero-order chi connectivity index (χ0) is 12.2. The number of ether oxygens (including phenoxy) is 2. The Labute approximate surface area is 105 Å². The van der Waals surface area contributed by atoms with E-state index in [2.05, 4.69) is 15.9 Å². The summed E-state index contributed by atoms with van der Waals surface area (Å²) in [5.74, 6) is 0.693. The Hall–Kier alpha value is -0.580. The summed E-state index contributed by atoms with van der Waals surface area (Å²) in [6.45, 7) is 5.85. The van der Waals surface area contributed by atoms with Gasteiger partial charge in [-0.2, -0.15) is 0 Å². The highest BCUT2D eigenvalue weighted by Gasteiger charge is 2.30. The number of halogens is 1. The quantitative estimate of drug-likeness (QED) is 0.847. The molecule has 1 aromatic carbocycles. The van der Waals surface area contributed by atoms with Crippen molar-refractivity contribution in [3.63, 3.8) is 0 Å². The monoisotopic (exact) mass is 288 g/mol. The zero-order valence-electron chi connectivity index (χ0n) is 9.74. The molecule has 4 heteroatoms. The van der Waals surface area contributed by atoms with Gasteiger partial charge in [0.1, 0.15) is 5.75 Å². The smallest absolute Gasteiger partial charge is 0.194 e.